The van der Waals surface area contributed by atoms with Crippen LogP contribution in [0.3, 0.4) is 0 Å². The number of hydrogen-bond acceptors (Lipinski definition) is 6. The molecule has 21 heavy (non-hydrogen) atoms. The van der Waals surface area contributed by atoms with Crippen LogP contribution in [0.25, 0.3) is 0 Å². The van der Waals surface area contributed by atoms with Gasteiger partial charge in [-0.05, 0) is 6.07 Å². The monoisotopic (exact) mass is 311 g/mol. The van der Waals surface area contributed by atoms with Crippen molar-refractivity contribution >= 4 is 15.6 Å². The van der Waals surface area contributed by atoms with Crippen molar-refractivity contribution in [2.45, 2.75) is 31.3 Å². The van der Waals surface area contributed by atoms with Crippen molar-refractivity contribution in [2.24, 2.45) is 7.05 Å². The minimum absolute atomic E-state index is 0.231. The zero-order valence-electron chi connectivity index (χ0n) is 12.3. The van der Waals surface area contributed by atoms with E-state index >= 15 is 0 Å². The van der Waals surface area contributed by atoms with E-state index in [0.29, 0.717) is 5.89 Å². The van der Waals surface area contributed by atoms with Gasteiger partial charge in [-0.1, -0.05) is 20.8 Å². The third-order valence-electron chi connectivity index (χ3n) is 2.86. The summed E-state index contributed by atoms with van der Waals surface area (Å²) in [7, 11) is -2.29. The minimum atomic E-state index is -3.86. The van der Waals surface area contributed by atoms with Crippen LogP contribution in [0.5, 0.6) is 0 Å². The second kappa shape index (κ2) is 5.10. The molecule has 0 aromatic carbocycles. The smallest absolute Gasteiger partial charge is 0.238 e. The molecular formula is C13H17N3O4S. The van der Waals surface area contributed by atoms with Crippen molar-refractivity contribution in [1.29, 1.82) is 0 Å². The second-order valence-corrected chi connectivity index (χ2v) is 7.68. The molecule has 2 aromatic heterocycles. The maximum absolute atomic E-state index is 12.2. The van der Waals surface area contributed by atoms with Gasteiger partial charge in [0.05, 0.1) is 6.20 Å². The number of sulfone groups is 1. The van der Waals surface area contributed by atoms with Crippen LogP contribution in [0, 0.1) is 0 Å². The first-order valence-electron chi connectivity index (χ1n) is 6.31. The molecule has 0 aliphatic rings. The molecule has 2 rings (SSSR count). The highest BCUT2D eigenvalue weighted by atomic mass is 32.2. The molecule has 2 aromatic rings. The highest BCUT2D eigenvalue weighted by Gasteiger charge is 2.28. The second-order valence-electron chi connectivity index (χ2n) is 5.76. The van der Waals surface area contributed by atoms with Crippen LogP contribution >= 0.6 is 0 Å². The van der Waals surface area contributed by atoms with Crippen LogP contribution in [-0.2, 0) is 22.3 Å². The van der Waals surface area contributed by atoms with Crippen molar-refractivity contribution in [3.63, 3.8) is 0 Å². The van der Waals surface area contributed by atoms with Crippen molar-refractivity contribution < 1.29 is 17.6 Å². The lowest BCUT2D eigenvalue weighted by atomic mass is 9.97. The fourth-order valence-corrected chi connectivity index (χ4v) is 2.77. The van der Waals surface area contributed by atoms with Crippen LogP contribution in [-0.4, -0.2) is 34.7 Å². The Morgan fingerprint density at radius 1 is 1.38 bits per heavy atom. The first kappa shape index (κ1) is 15.4. The third-order valence-corrected chi connectivity index (χ3v) is 4.30. The molecule has 7 nitrogen and oxygen atoms in total. The number of ketones is 1. The zero-order chi connectivity index (χ0) is 15.8. The Hall–Kier alpha value is -1.96. The topological polar surface area (TPSA) is 95.1 Å². The van der Waals surface area contributed by atoms with E-state index in [-0.39, 0.29) is 10.8 Å². The SMILES string of the molecule is Cn1nccc1C(=O)CS(=O)(=O)c1cnc(C(C)(C)C)o1. The van der Waals surface area contributed by atoms with Crippen molar-refractivity contribution in [3.05, 3.63) is 30.0 Å². The van der Waals surface area contributed by atoms with Gasteiger partial charge in [0.25, 0.3) is 0 Å². The number of carbonyl (C=O) groups excluding carboxylic acids is 1. The molecule has 0 spiro atoms. The summed E-state index contributed by atoms with van der Waals surface area (Å²) in [5.74, 6) is -0.900. The molecule has 0 N–H and O–H groups in total. The molecule has 0 radical (unpaired) electrons. The number of aryl methyl sites for hydroxylation is 1. The molecule has 114 valence electrons. The molecule has 2 heterocycles. The molecule has 0 aliphatic carbocycles. The van der Waals surface area contributed by atoms with Gasteiger partial charge < -0.3 is 4.42 Å². The Morgan fingerprint density at radius 3 is 2.52 bits per heavy atom. The number of nitrogens with zero attached hydrogens (tertiary/aromatic N) is 3. The fraction of sp³-hybridized carbons (Fsp3) is 0.462. The average molecular weight is 311 g/mol. The Balaban J connectivity index is 2.25. The average Bonchev–Trinajstić information content (AvgIpc) is 2.95. The van der Waals surface area contributed by atoms with Gasteiger partial charge in [-0.25, -0.2) is 13.4 Å². The predicted molar refractivity (Wildman–Crippen MR) is 74.8 cm³/mol. The Bertz CT molecular complexity index is 765. The summed E-state index contributed by atoms with van der Waals surface area (Å²) in [6, 6.07) is 1.47. The van der Waals surface area contributed by atoms with Gasteiger partial charge in [-0.2, -0.15) is 5.10 Å². The number of hydrogen-bond donors (Lipinski definition) is 0. The summed E-state index contributed by atoms with van der Waals surface area (Å²) in [6.07, 6.45) is 2.58. The summed E-state index contributed by atoms with van der Waals surface area (Å²) < 4.78 is 31.0. The molecule has 8 heteroatoms. The molecule has 0 fully saturated rings. The molecule has 0 saturated carbocycles. The van der Waals surface area contributed by atoms with Crippen LogP contribution in [0.2, 0.25) is 0 Å². The van der Waals surface area contributed by atoms with E-state index in [1.165, 1.54) is 16.9 Å². The van der Waals surface area contributed by atoms with Crippen LogP contribution < -0.4 is 0 Å². The Labute approximate surface area is 122 Å². The maximum Gasteiger partial charge on any atom is 0.238 e. The van der Waals surface area contributed by atoms with Crippen LogP contribution in [0.4, 0.5) is 0 Å². The molecular weight excluding hydrogens is 294 g/mol. The number of carbonyl (C=O) groups is 1. The first-order valence-corrected chi connectivity index (χ1v) is 7.97. The minimum Gasteiger partial charge on any atom is -0.429 e. The van der Waals surface area contributed by atoms with E-state index in [9.17, 15) is 13.2 Å². The van der Waals surface area contributed by atoms with Gasteiger partial charge >= 0.3 is 0 Å². The quantitative estimate of drug-likeness (QED) is 0.791. The highest BCUT2D eigenvalue weighted by molar-refractivity contribution is 7.92. The van der Waals surface area contributed by atoms with E-state index in [0.717, 1.165) is 6.20 Å². The lowest BCUT2D eigenvalue weighted by molar-refractivity contribution is 0.101. The van der Waals surface area contributed by atoms with Gasteiger partial charge in [-0.3, -0.25) is 9.48 Å². The number of Topliss-reactive ketones (excluding diaryl/α,β-unsaturated/α-hetero) is 1. The molecule has 0 unspecified atom stereocenters. The normalized spacial score (nSPS) is 12.6. The van der Waals surface area contributed by atoms with E-state index in [1.54, 1.807) is 7.05 Å². The van der Waals surface area contributed by atoms with Crippen molar-refractivity contribution in [2.75, 3.05) is 5.75 Å². The molecule has 0 saturated heterocycles. The van der Waals surface area contributed by atoms with Gasteiger partial charge in [0.15, 0.2) is 5.78 Å². The van der Waals surface area contributed by atoms with E-state index in [1.807, 2.05) is 20.8 Å². The van der Waals surface area contributed by atoms with E-state index < -0.39 is 26.8 Å². The van der Waals surface area contributed by atoms with Gasteiger partial charge in [0.1, 0.15) is 11.4 Å². The summed E-state index contributed by atoms with van der Waals surface area (Å²) in [5, 5.41) is 3.55. The Morgan fingerprint density at radius 2 is 2.05 bits per heavy atom. The molecule has 0 aliphatic heterocycles. The van der Waals surface area contributed by atoms with Crippen molar-refractivity contribution in [1.82, 2.24) is 14.8 Å². The molecule has 0 bridgehead atoms. The van der Waals surface area contributed by atoms with Crippen molar-refractivity contribution in [3.8, 4) is 0 Å². The zero-order valence-corrected chi connectivity index (χ0v) is 13.1. The van der Waals surface area contributed by atoms with Gasteiger partial charge in [0.2, 0.25) is 20.8 Å². The summed E-state index contributed by atoms with van der Waals surface area (Å²) in [5.41, 5.74) is -0.172. The van der Waals surface area contributed by atoms with Crippen LogP contribution in [0.1, 0.15) is 37.2 Å². The number of rotatable bonds is 4. The summed E-state index contributed by atoms with van der Waals surface area (Å²) in [6.45, 7) is 5.57. The highest BCUT2D eigenvalue weighted by Crippen LogP contribution is 2.24. The molecule has 0 atom stereocenters. The third kappa shape index (κ3) is 3.21. The lowest BCUT2D eigenvalue weighted by Crippen LogP contribution is -2.18. The van der Waals surface area contributed by atoms with Gasteiger partial charge in [-0.15, -0.1) is 0 Å². The molecule has 0 amide bonds. The Kier molecular flexibility index (Phi) is 3.75. The maximum atomic E-state index is 12.2. The lowest BCUT2D eigenvalue weighted by Gasteiger charge is -2.12. The number of oxazole rings is 1. The standard InChI is InChI=1S/C13H17N3O4S/c1-13(2,3)12-14-7-11(20-12)21(18,19)8-10(17)9-5-6-15-16(9)4/h5-7H,8H2,1-4H3. The summed E-state index contributed by atoms with van der Waals surface area (Å²) in [4.78, 5) is 16.0. The van der Waals surface area contributed by atoms with E-state index in [4.69, 9.17) is 4.42 Å². The number of aromatic nitrogens is 3. The largest absolute Gasteiger partial charge is 0.429 e. The first-order chi connectivity index (χ1) is 9.61. The van der Waals surface area contributed by atoms with E-state index in [2.05, 4.69) is 10.1 Å². The fourth-order valence-electron chi connectivity index (χ4n) is 1.71. The van der Waals surface area contributed by atoms with Crippen LogP contribution in [0.15, 0.2) is 28.0 Å². The summed E-state index contributed by atoms with van der Waals surface area (Å²) >= 11 is 0. The predicted octanol–water partition coefficient (Wildman–Crippen LogP) is 1.36. The van der Waals surface area contributed by atoms with Gasteiger partial charge in [0, 0.05) is 18.7 Å².